The van der Waals surface area contributed by atoms with Crippen molar-refractivity contribution < 1.29 is 4.79 Å². The molecule has 0 saturated heterocycles. The molecule has 3 nitrogen and oxygen atoms in total. The van der Waals surface area contributed by atoms with E-state index in [1.807, 2.05) is 11.8 Å². The van der Waals surface area contributed by atoms with Crippen LogP contribution in [0, 0.1) is 5.41 Å². The minimum Gasteiger partial charge on any atom is -0.337 e. The van der Waals surface area contributed by atoms with Crippen LogP contribution in [0.1, 0.15) is 40.5 Å². The summed E-state index contributed by atoms with van der Waals surface area (Å²) in [5.74, 6) is 0.0895. The van der Waals surface area contributed by atoms with Gasteiger partial charge in [0, 0.05) is 13.1 Å². The summed E-state index contributed by atoms with van der Waals surface area (Å²) in [4.78, 5) is 13.7. The van der Waals surface area contributed by atoms with Crippen molar-refractivity contribution in [1.29, 1.82) is 0 Å². The highest BCUT2D eigenvalue weighted by Crippen LogP contribution is 2.30. The Bertz CT molecular complexity index is 289. The van der Waals surface area contributed by atoms with E-state index < -0.39 is 0 Å². The third kappa shape index (κ3) is 3.08. The number of nitrogens with zero attached hydrogens (tertiary/aromatic N) is 1. The van der Waals surface area contributed by atoms with Crippen LogP contribution in [0.15, 0.2) is 11.6 Å². The zero-order chi connectivity index (χ0) is 12.3. The summed E-state index contributed by atoms with van der Waals surface area (Å²) in [5, 5.41) is 0. The lowest BCUT2D eigenvalue weighted by Crippen LogP contribution is -2.45. The molecule has 0 aromatic rings. The number of hydrogen-bond acceptors (Lipinski definition) is 2. The highest BCUT2D eigenvalue weighted by molar-refractivity contribution is 5.81. The first-order valence-electron chi connectivity index (χ1n) is 6.10. The SMILES string of the molecule is CC[C@H](N)C(=O)N1CC=C(C(C)(C)C)CC1. The summed E-state index contributed by atoms with van der Waals surface area (Å²) in [6, 6.07) is -0.329. The zero-order valence-corrected chi connectivity index (χ0v) is 10.9. The highest BCUT2D eigenvalue weighted by Gasteiger charge is 2.25. The van der Waals surface area contributed by atoms with E-state index in [2.05, 4.69) is 26.8 Å². The molecule has 2 N–H and O–H groups in total. The minimum atomic E-state index is -0.329. The molecule has 0 radical (unpaired) electrons. The van der Waals surface area contributed by atoms with Crippen LogP contribution in [-0.2, 0) is 4.79 Å². The predicted molar refractivity (Wildman–Crippen MR) is 67.0 cm³/mol. The second-order valence-corrected chi connectivity index (χ2v) is 5.53. The van der Waals surface area contributed by atoms with Crippen LogP contribution in [0.4, 0.5) is 0 Å². The number of carbonyl (C=O) groups is 1. The summed E-state index contributed by atoms with van der Waals surface area (Å²) >= 11 is 0. The molecular formula is C13H24N2O. The average Bonchev–Trinajstić information content (AvgIpc) is 2.26. The lowest BCUT2D eigenvalue weighted by molar-refractivity contribution is -0.132. The maximum absolute atomic E-state index is 11.9. The molecule has 1 atom stereocenters. The summed E-state index contributed by atoms with van der Waals surface area (Å²) in [5.41, 5.74) is 7.43. The lowest BCUT2D eigenvalue weighted by atomic mass is 9.83. The quantitative estimate of drug-likeness (QED) is 0.728. The van der Waals surface area contributed by atoms with Gasteiger partial charge in [-0.3, -0.25) is 4.79 Å². The van der Waals surface area contributed by atoms with Gasteiger partial charge in [-0.15, -0.1) is 0 Å². The second kappa shape index (κ2) is 5.00. The molecule has 1 aliphatic heterocycles. The van der Waals surface area contributed by atoms with Crippen molar-refractivity contribution >= 4 is 5.91 Å². The van der Waals surface area contributed by atoms with Crippen LogP contribution in [0.25, 0.3) is 0 Å². The van der Waals surface area contributed by atoms with Crippen molar-refractivity contribution in [2.75, 3.05) is 13.1 Å². The Hall–Kier alpha value is -0.830. The molecule has 0 aromatic carbocycles. The first-order valence-corrected chi connectivity index (χ1v) is 6.10. The average molecular weight is 224 g/mol. The van der Waals surface area contributed by atoms with Crippen LogP contribution in [-0.4, -0.2) is 29.9 Å². The molecular weight excluding hydrogens is 200 g/mol. The van der Waals surface area contributed by atoms with Gasteiger partial charge in [0.25, 0.3) is 0 Å². The van der Waals surface area contributed by atoms with Gasteiger partial charge in [0.1, 0.15) is 0 Å². The fraction of sp³-hybridized carbons (Fsp3) is 0.769. The van der Waals surface area contributed by atoms with Crippen LogP contribution >= 0.6 is 0 Å². The maximum atomic E-state index is 11.9. The van der Waals surface area contributed by atoms with Gasteiger partial charge in [-0.05, 0) is 18.3 Å². The molecule has 0 aromatic heterocycles. The molecule has 0 fully saturated rings. The summed E-state index contributed by atoms with van der Waals surface area (Å²) in [6.07, 6.45) is 3.88. The van der Waals surface area contributed by atoms with Gasteiger partial charge in [-0.25, -0.2) is 0 Å². The molecule has 92 valence electrons. The van der Waals surface area contributed by atoms with E-state index in [9.17, 15) is 4.79 Å². The van der Waals surface area contributed by atoms with E-state index in [1.54, 1.807) is 0 Å². The minimum absolute atomic E-state index is 0.0895. The van der Waals surface area contributed by atoms with Crippen molar-refractivity contribution in [3.8, 4) is 0 Å². The Morgan fingerprint density at radius 3 is 2.56 bits per heavy atom. The van der Waals surface area contributed by atoms with Gasteiger partial charge >= 0.3 is 0 Å². The highest BCUT2D eigenvalue weighted by atomic mass is 16.2. The van der Waals surface area contributed by atoms with Gasteiger partial charge in [-0.1, -0.05) is 39.3 Å². The Kier molecular flexibility index (Phi) is 4.14. The van der Waals surface area contributed by atoms with Crippen LogP contribution in [0.5, 0.6) is 0 Å². The van der Waals surface area contributed by atoms with E-state index in [1.165, 1.54) is 5.57 Å². The zero-order valence-electron chi connectivity index (χ0n) is 10.9. The Labute approximate surface area is 98.7 Å². The first kappa shape index (κ1) is 13.2. The molecule has 0 aliphatic carbocycles. The number of carbonyl (C=O) groups excluding carboxylic acids is 1. The number of nitrogens with two attached hydrogens (primary N) is 1. The van der Waals surface area contributed by atoms with Crippen LogP contribution in [0.2, 0.25) is 0 Å². The summed E-state index contributed by atoms with van der Waals surface area (Å²) < 4.78 is 0. The molecule has 3 heteroatoms. The van der Waals surface area contributed by atoms with Gasteiger partial charge in [-0.2, -0.15) is 0 Å². The largest absolute Gasteiger partial charge is 0.337 e. The fourth-order valence-electron chi connectivity index (χ4n) is 1.96. The van der Waals surface area contributed by atoms with E-state index in [0.717, 1.165) is 19.5 Å². The normalized spacial score (nSPS) is 19.3. The molecule has 1 rings (SSSR count). The molecule has 1 aliphatic rings. The molecule has 1 amide bonds. The smallest absolute Gasteiger partial charge is 0.239 e. The van der Waals surface area contributed by atoms with Gasteiger partial charge < -0.3 is 10.6 Å². The van der Waals surface area contributed by atoms with Crippen molar-refractivity contribution in [3.05, 3.63) is 11.6 Å². The van der Waals surface area contributed by atoms with E-state index in [0.29, 0.717) is 6.42 Å². The topological polar surface area (TPSA) is 46.3 Å². The van der Waals surface area contributed by atoms with Crippen molar-refractivity contribution in [2.24, 2.45) is 11.1 Å². The van der Waals surface area contributed by atoms with E-state index in [4.69, 9.17) is 5.73 Å². The second-order valence-electron chi connectivity index (χ2n) is 5.53. The van der Waals surface area contributed by atoms with Gasteiger partial charge in [0.15, 0.2) is 0 Å². The van der Waals surface area contributed by atoms with Crippen molar-refractivity contribution in [2.45, 2.75) is 46.6 Å². The predicted octanol–water partition coefficient (Wildman–Crippen LogP) is 1.93. The van der Waals surface area contributed by atoms with E-state index >= 15 is 0 Å². The Morgan fingerprint density at radius 1 is 1.56 bits per heavy atom. The lowest BCUT2D eigenvalue weighted by Gasteiger charge is -2.33. The van der Waals surface area contributed by atoms with E-state index in [-0.39, 0.29) is 17.4 Å². The monoisotopic (exact) mass is 224 g/mol. The maximum Gasteiger partial charge on any atom is 0.239 e. The first-order chi connectivity index (χ1) is 7.36. The van der Waals surface area contributed by atoms with Crippen LogP contribution in [0.3, 0.4) is 0 Å². The third-order valence-corrected chi connectivity index (χ3v) is 3.24. The molecule has 0 spiro atoms. The molecule has 1 heterocycles. The number of hydrogen-bond donors (Lipinski definition) is 1. The third-order valence-electron chi connectivity index (χ3n) is 3.24. The number of amides is 1. The van der Waals surface area contributed by atoms with Gasteiger partial charge in [0.05, 0.1) is 6.04 Å². The van der Waals surface area contributed by atoms with Gasteiger partial charge in [0.2, 0.25) is 5.91 Å². The number of rotatable bonds is 2. The fourth-order valence-corrected chi connectivity index (χ4v) is 1.96. The van der Waals surface area contributed by atoms with Crippen LogP contribution < -0.4 is 5.73 Å². The standard InChI is InChI=1S/C13H24N2O/c1-5-11(14)12(16)15-8-6-10(7-9-15)13(2,3)4/h6,11H,5,7-9,14H2,1-4H3/t11-/m0/s1. The Morgan fingerprint density at radius 2 is 2.19 bits per heavy atom. The summed E-state index contributed by atoms with van der Waals surface area (Å²) in [7, 11) is 0. The summed E-state index contributed by atoms with van der Waals surface area (Å²) in [6.45, 7) is 10.1. The van der Waals surface area contributed by atoms with Crippen molar-refractivity contribution in [3.63, 3.8) is 0 Å². The molecule has 0 bridgehead atoms. The van der Waals surface area contributed by atoms with Crippen molar-refractivity contribution in [1.82, 2.24) is 4.90 Å². The molecule has 0 saturated carbocycles. The molecule has 16 heavy (non-hydrogen) atoms. The Balaban J connectivity index is 2.61. The molecule has 0 unspecified atom stereocenters.